The standard InChI is InChI=1S/C19H21NO3/c1-22-16-10-12-20(13-11-16)19(21)15-6-5-9-18(14-15)23-17-7-3-2-4-8-17/h2-9,14,16H,10-13H2,1H3. The monoisotopic (exact) mass is 311 g/mol. The largest absolute Gasteiger partial charge is 0.457 e. The molecule has 0 aliphatic carbocycles. The molecule has 4 heteroatoms. The summed E-state index contributed by atoms with van der Waals surface area (Å²) in [5.41, 5.74) is 0.661. The molecule has 0 radical (unpaired) electrons. The Balaban J connectivity index is 1.68. The van der Waals surface area contributed by atoms with Crippen molar-refractivity contribution in [3.8, 4) is 11.5 Å². The molecule has 1 amide bonds. The first-order valence-electron chi connectivity index (χ1n) is 7.91. The van der Waals surface area contributed by atoms with Gasteiger partial charge in [0.05, 0.1) is 6.10 Å². The van der Waals surface area contributed by atoms with Gasteiger partial charge in [-0.3, -0.25) is 4.79 Å². The van der Waals surface area contributed by atoms with Gasteiger partial charge in [0.1, 0.15) is 11.5 Å². The number of piperidine rings is 1. The van der Waals surface area contributed by atoms with Crippen molar-refractivity contribution in [1.29, 1.82) is 0 Å². The number of rotatable bonds is 4. The highest BCUT2D eigenvalue weighted by Gasteiger charge is 2.23. The van der Waals surface area contributed by atoms with E-state index in [1.54, 1.807) is 13.2 Å². The van der Waals surface area contributed by atoms with Crippen LogP contribution in [0, 0.1) is 0 Å². The molecule has 23 heavy (non-hydrogen) atoms. The van der Waals surface area contributed by atoms with E-state index in [0.29, 0.717) is 11.3 Å². The summed E-state index contributed by atoms with van der Waals surface area (Å²) in [5, 5.41) is 0. The Morgan fingerprint density at radius 1 is 1.00 bits per heavy atom. The van der Waals surface area contributed by atoms with Crippen LogP contribution >= 0.6 is 0 Å². The maximum Gasteiger partial charge on any atom is 0.253 e. The third-order valence-corrected chi connectivity index (χ3v) is 4.12. The van der Waals surface area contributed by atoms with Crippen molar-refractivity contribution in [2.75, 3.05) is 20.2 Å². The second kappa shape index (κ2) is 7.29. The van der Waals surface area contributed by atoms with Crippen molar-refractivity contribution < 1.29 is 14.3 Å². The minimum Gasteiger partial charge on any atom is -0.457 e. The normalized spacial score (nSPS) is 15.4. The van der Waals surface area contributed by atoms with E-state index < -0.39 is 0 Å². The summed E-state index contributed by atoms with van der Waals surface area (Å²) in [4.78, 5) is 14.5. The lowest BCUT2D eigenvalue weighted by Gasteiger charge is -2.31. The number of likely N-dealkylation sites (tertiary alicyclic amines) is 1. The lowest BCUT2D eigenvalue weighted by Crippen LogP contribution is -2.40. The summed E-state index contributed by atoms with van der Waals surface area (Å²) in [6.45, 7) is 1.47. The molecule has 0 bridgehead atoms. The first-order chi connectivity index (χ1) is 11.3. The number of amides is 1. The van der Waals surface area contributed by atoms with E-state index in [0.717, 1.165) is 31.7 Å². The van der Waals surface area contributed by atoms with E-state index in [2.05, 4.69) is 0 Å². The molecule has 0 unspecified atom stereocenters. The molecule has 0 atom stereocenters. The first kappa shape index (κ1) is 15.6. The average Bonchev–Trinajstić information content (AvgIpc) is 2.62. The highest BCUT2D eigenvalue weighted by Crippen LogP contribution is 2.23. The lowest BCUT2D eigenvalue weighted by atomic mass is 10.1. The predicted octanol–water partition coefficient (Wildman–Crippen LogP) is 3.73. The molecular weight excluding hydrogens is 290 g/mol. The van der Waals surface area contributed by atoms with Crippen molar-refractivity contribution in [1.82, 2.24) is 4.90 Å². The van der Waals surface area contributed by atoms with Crippen LogP contribution in [-0.4, -0.2) is 37.1 Å². The Morgan fingerprint density at radius 2 is 1.70 bits per heavy atom. The van der Waals surface area contributed by atoms with E-state index >= 15 is 0 Å². The topological polar surface area (TPSA) is 38.8 Å². The fourth-order valence-corrected chi connectivity index (χ4v) is 2.79. The maximum atomic E-state index is 12.6. The van der Waals surface area contributed by atoms with Crippen molar-refractivity contribution in [3.05, 3.63) is 60.2 Å². The fraction of sp³-hybridized carbons (Fsp3) is 0.316. The molecule has 0 spiro atoms. The number of hydrogen-bond acceptors (Lipinski definition) is 3. The Morgan fingerprint density at radius 3 is 2.39 bits per heavy atom. The number of carbonyl (C=O) groups excluding carboxylic acids is 1. The van der Waals surface area contributed by atoms with Crippen LogP contribution in [0.4, 0.5) is 0 Å². The molecule has 0 saturated carbocycles. The van der Waals surface area contributed by atoms with Gasteiger partial charge in [-0.2, -0.15) is 0 Å². The second-order valence-electron chi connectivity index (χ2n) is 5.67. The highest BCUT2D eigenvalue weighted by atomic mass is 16.5. The molecular formula is C19H21NO3. The Labute approximate surface area is 136 Å². The van der Waals surface area contributed by atoms with Crippen molar-refractivity contribution in [3.63, 3.8) is 0 Å². The molecule has 120 valence electrons. The smallest absolute Gasteiger partial charge is 0.253 e. The zero-order valence-electron chi connectivity index (χ0n) is 13.3. The van der Waals surface area contributed by atoms with Gasteiger partial charge in [-0.05, 0) is 43.2 Å². The van der Waals surface area contributed by atoms with Crippen LogP contribution in [0.15, 0.2) is 54.6 Å². The average molecular weight is 311 g/mol. The van der Waals surface area contributed by atoms with E-state index in [1.165, 1.54) is 0 Å². The summed E-state index contributed by atoms with van der Waals surface area (Å²) in [5.74, 6) is 1.49. The van der Waals surface area contributed by atoms with Crippen molar-refractivity contribution >= 4 is 5.91 Å². The van der Waals surface area contributed by atoms with Crippen LogP contribution in [0.5, 0.6) is 11.5 Å². The van der Waals surface area contributed by atoms with E-state index in [4.69, 9.17) is 9.47 Å². The van der Waals surface area contributed by atoms with Crippen LogP contribution < -0.4 is 4.74 Å². The van der Waals surface area contributed by atoms with Gasteiger partial charge < -0.3 is 14.4 Å². The molecule has 1 heterocycles. The number of para-hydroxylation sites is 1. The molecule has 2 aromatic rings. The minimum absolute atomic E-state index is 0.0538. The third-order valence-electron chi connectivity index (χ3n) is 4.12. The third kappa shape index (κ3) is 3.90. The number of carbonyl (C=O) groups is 1. The van der Waals surface area contributed by atoms with Crippen LogP contribution in [-0.2, 0) is 4.74 Å². The molecule has 2 aromatic carbocycles. The number of hydrogen-bond donors (Lipinski definition) is 0. The van der Waals surface area contributed by atoms with E-state index in [-0.39, 0.29) is 12.0 Å². The zero-order chi connectivity index (χ0) is 16.1. The molecule has 0 aromatic heterocycles. The fourth-order valence-electron chi connectivity index (χ4n) is 2.79. The molecule has 1 aliphatic heterocycles. The van der Waals surface area contributed by atoms with Gasteiger partial charge in [0, 0.05) is 25.8 Å². The molecule has 1 aliphatic rings. The summed E-state index contributed by atoms with van der Waals surface area (Å²) < 4.78 is 11.2. The van der Waals surface area contributed by atoms with Gasteiger partial charge >= 0.3 is 0 Å². The summed E-state index contributed by atoms with van der Waals surface area (Å²) in [6, 6.07) is 16.9. The summed E-state index contributed by atoms with van der Waals surface area (Å²) in [7, 11) is 1.73. The quantitative estimate of drug-likeness (QED) is 0.863. The number of nitrogens with zero attached hydrogens (tertiary/aromatic N) is 1. The van der Waals surface area contributed by atoms with Crippen LogP contribution in [0.3, 0.4) is 0 Å². The van der Waals surface area contributed by atoms with Gasteiger partial charge in [0.2, 0.25) is 0 Å². The first-order valence-corrected chi connectivity index (χ1v) is 7.91. The Hall–Kier alpha value is -2.33. The lowest BCUT2D eigenvalue weighted by molar-refractivity contribution is 0.0350. The molecule has 1 fully saturated rings. The minimum atomic E-state index is 0.0538. The number of ether oxygens (including phenoxy) is 2. The van der Waals surface area contributed by atoms with E-state index in [1.807, 2.05) is 53.4 Å². The van der Waals surface area contributed by atoms with Gasteiger partial charge in [-0.1, -0.05) is 24.3 Å². The predicted molar refractivity (Wildman–Crippen MR) is 88.9 cm³/mol. The van der Waals surface area contributed by atoms with Crippen molar-refractivity contribution in [2.24, 2.45) is 0 Å². The summed E-state index contributed by atoms with van der Waals surface area (Å²) in [6.07, 6.45) is 2.05. The zero-order valence-corrected chi connectivity index (χ0v) is 13.3. The summed E-state index contributed by atoms with van der Waals surface area (Å²) >= 11 is 0. The number of benzene rings is 2. The number of methoxy groups -OCH3 is 1. The van der Waals surface area contributed by atoms with Gasteiger partial charge in [0.25, 0.3) is 5.91 Å². The molecule has 3 rings (SSSR count). The van der Waals surface area contributed by atoms with Crippen molar-refractivity contribution in [2.45, 2.75) is 18.9 Å². The maximum absolute atomic E-state index is 12.6. The molecule has 1 saturated heterocycles. The van der Waals surface area contributed by atoms with Gasteiger partial charge in [-0.25, -0.2) is 0 Å². The SMILES string of the molecule is COC1CCN(C(=O)c2cccc(Oc3ccccc3)c2)CC1. The molecule has 4 nitrogen and oxygen atoms in total. The van der Waals surface area contributed by atoms with E-state index in [9.17, 15) is 4.79 Å². The Bertz CT molecular complexity index is 649. The highest BCUT2D eigenvalue weighted by molar-refractivity contribution is 5.94. The van der Waals surface area contributed by atoms with Crippen LogP contribution in [0.2, 0.25) is 0 Å². The van der Waals surface area contributed by atoms with Crippen LogP contribution in [0.1, 0.15) is 23.2 Å². The van der Waals surface area contributed by atoms with Gasteiger partial charge in [0.15, 0.2) is 0 Å². The van der Waals surface area contributed by atoms with Crippen LogP contribution in [0.25, 0.3) is 0 Å². The Kier molecular flexibility index (Phi) is 4.93. The molecule has 0 N–H and O–H groups in total. The second-order valence-corrected chi connectivity index (χ2v) is 5.67. The van der Waals surface area contributed by atoms with Gasteiger partial charge in [-0.15, -0.1) is 0 Å².